The van der Waals surface area contributed by atoms with Gasteiger partial charge in [-0.1, -0.05) is 0 Å². The summed E-state index contributed by atoms with van der Waals surface area (Å²) < 4.78 is 0. The lowest BCUT2D eigenvalue weighted by Crippen LogP contribution is -2.27. The van der Waals surface area contributed by atoms with E-state index in [0.717, 1.165) is 22.1 Å². The third-order valence-corrected chi connectivity index (χ3v) is 4.52. The molecule has 0 aliphatic carbocycles. The van der Waals surface area contributed by atoms with E-state index in [1.807, 2.05) is 28.3 Å². The third kappa shape index (κ3) is 4.84. The number of carboxylic acids is 1. The second-order valence-corrected chi connectivity index (χ2v) is 6.31. The van der Waals surface area contributed by atoms with Gasteiger partial charge in [-0.3, -0.25) is 4.79 Å². The molecule has 110 valence electrons. The molecule has 0 fully saturated rings. The predicted octanol–water partition coefficient (Wildman–Crippen LogP) is 3.11. The summed E-state index contributed by atoms with van der Waals surface area (Å²) in [5.41, 5.74) is 2.04. The van der Waals surface area contributed by atoms with Crippen molar-refractivity contribution in [1.29, 1.82) is 0 Å². The van der Waals surface area contributed by atoms with Crippen LogP contribution in [0.2, 0.25) is 0 Å². The largest absolute Gasteiger partial charge is 0.478 e. The molecule has 0 atom stereocenters. The molecular formula is C15H15NO3S2. The number of carbonyl (C=O) groups is 2. The number of carboxylic acid groups (broad SMARTS) is 1. The van der Waals surface area contributed by atoms with Crippen LogP contribution in [0.5, 0.6) is 0 Å². The molecule has 6 heteroatoms. The van der Waals surface area contributed by atoms with E-state index in [0.29, 0.717) is 13.0 Å². The lowest BCUT2D eigenvalue weighted by atomic mass is 10.2. The fourth-order valence-electron chi connectivity index (χ4n) is 1.78. The first kappa shape index (κ1) is 15.5. The molecular weight excluding hydrogens is 306 g/mol. The average molecular weight is 321 g/mol. The molecule has 0 spiro atoms. The van der Waals surface area contributed by atoms with E-state index in [1.165, 1.54) is 11.3 Å². The minimum absolute atomic E-state index is 0.0715. The highest BCUT2D eigenvalue weighted by atomic mass is 32.1. The summed E-state index contributed by atoms with van der Waals surface area (Å²) in [6, 6.07) is 3.86. The molecule has 2 aromatic rings. The van der Waals surface area contributed by atoms with Crippen molar-refractivity contribution < 1.29 is 14.7 Å². The highest BCUT2D eigenvalue weighted by Crippen LogP contribution is 2.18. The third-order valence-electron chi connectivity index (χ3n) is 2.85. The van der Waals surface area contributed by atoms with Gasteiger partial charge >= 0.3 is 5.97 Å². The molecule has 2 heterocycles. The van der Waals surface area contributed by atoms with Crippen molar-refractivity contribution in [1.82, 2.24) is 4.90 Å². The van der Waals surface area contributed by atoms with E-state index in [4.69, 9.17) is 5.11 Å². The van der Waals surface area contributed by atoms with Crippen LogP contribution < -0.4 is 0 Å². The van der Waals surface area contributed by atoms with Crippen LogP contribution in [-0.4, -0.2) is 28.9 Å². The monoisotopic (exact) mass is 321 g/mol. The van der Waals surface area contributed by atoms with Crippen LogP contribution in [-0.2, 0) is 22.6 Å². The highest BCUT2D eigenvalue weighted by molar-refractivity contribution is 7.11. The van der Waals surface area contributed by atoms with Gasteiger partial charge < -0.3 is 10.0 Å². The van der Waals surface area contributed by atoms with Crippen LogP contribution in [0.4, 0.5) is 0 Å². The fraction of sp³-hybridized carbons (Fsp3) is 0.200. The molecule has 4 nitrogen and oxygen atoms in total. The molecule has 0 aliphatic heterocycles. The maximum absolute atomic E-state index is 12.1. The molecule has 2 aromatic heterocycles. The summed E-state index contributed by atoms with van der Waals surface area (Å²) in [6.07, 6.45) is 3.08. The summed E-state index contributed by atoms with van der Waals surface area (Å²) in [4.78, 5) is 25.1. The lowest BCUT2D eigenvalue weighted by Gasteiger charge is -2.16. The zero-order valence-corrected chi connectivity index (χ0v) is 13.1. The Morgan fingerprint density at radius 2 is 2.14 bits per heavy atom. The van der Waals surface area contributed by atoms with Crippen LogP contribution in [0.1, 0.15) is 16.0 Å². The van der Waals surface area contributed by atoms with E-state index in [-0.39, 0.29) is 5.91 Å². The molecule has 0 aromatic carbocycles. The summed E-state index contributed by atoms with van der Waals surface area (Å²) >= 11 is 3.05. The Morgan fingerprint density at radius 3 is 2.81 bits per heavy atom. The van der Waals surface area contributed by atoms with Gasteiger partial charge in [-0.15, -0.1) is 11.3 Å². The second-order valence-electron chi connectivity index (χ2n) is 4.59. The number of hydrogen-bond acceptors (Lipinski definition) is 4. The van der Waals surface area contributed by atoms with Gasteiger partial charge in [0, 0.05) is 24.5 Å². The van der Waals surface area contributed by atoms with Crippen molar-refractivity contribution >= 4 is 40.6 Å². The first-order chi connectivity index (χ1) is 10.0. The van der Waals surface area contributed by atoms with Crippen LogP contribution in [0.15, 0.2) is 34.3 Å². The van der Waals surface area contributed by atoms with Crippen molar-refractivity contribution in [2.75, 3.05) is 7.05 Å². The van der Waals surface area contributed by atoms with Gasteiger partial charge in [0.2, 0.25) is 5.91 Å². The van der Waals surface area contributed by atoms with Gasteiger partial charge in [-0.2, -0.15) is 11.3 Å². The number of rotatable bonds is 6. The number of aliphatic carboxylic acids is 1. The molecule has 0 aliphatic rings. The van der Waals surface area contributed by atoms with Gasteiger partial charge in [0.25, 0.3) is 0 Å². The molecule has 0 radical (unpaired) electrons. The van der Waals surface area contributed by atoms with Crippen LogP contribution in [0.25, 0.3) is 6.08 Å². The molecule has 1 N–H and O–H groups in total. The molecule has 0 bridgehead atoms. The van der Waals surface area contributed by atoms with E-state index in [1.54, 1.807) is 29.4 Å². The van der Waals surface area contributed by atoms with Gasteiger partial charge in [0.05, 0.1) is 6.42 Å². The molecule has 21 heavy (non-hydrogen) atoms. The highest BCUT2D eigenvalue weighted by Gasteiger charge is 2.11. The van der Waals surface area contributed by atoms with Crippen molar-refractivity contribution in [2.45, 2.75) is 13.0 Å². The second kappa shape index (κ2) is 7.19. The van der Waals surface area contributed by atoms with Crippen molar-refractivity contribution in [3.8, 4) is 0 Å². The van der Waals surface area contributed by atoms with E-state index in [2.05, 4.69) is 0 Å². The minimum Gasteiger partial charge on any atom is -0.478 e. The number of carbonyl (C=O) groups excluding carboxylic acids is 1. The topological polar surface area (TPSA) is 57.6 Å². The maximum atomic E-state index is 12.1. The Morgan fingerprint density at radius 1 is 1.33 bits per heavy atom. The number of amides is 1. The van der Waals surface area contributed by atoms with E-state index in [9.17, 15) is 9.59 Å². The molecule has 1 amide bonds. The first-order valence-electron chi connectivity index (χ1n) is 6.28. The Balaban J connectivity index is 1.91. The van der Waals surface area contributed by atoms with Crippen LogP contribution >= 0.6 is 22.7 Å². The zero-order valence-electron chi connectivity index (χ0n) is 11.5. The Hall–Kier alpha value is -1.92. The summed E-state index contributed by atoms with van der Waals surface area (Å²) in [5.74, 6) is -0.893. The standard InChI is InChI=1S/C15H15NO3S2/c1-16(14(17)7-11-4-5-20-9-11)8-12-6-13(21-10-12)2-3-15(18)19/h2-6,9-10H,7-8H2,1H3,(H,18,19). The Bertz CT molecular complexity index is 644. The van der Waals surface area contributed by atoms with Gasteiger partial charge in [0.15, 0.2) is 0 Å². The van der Waals surface area contributed by atoms with Crippen molar-refractivity contribution in [2.24, 2.45) is 0 Å². The number of hydrogen-bond donors (Lipinski definition) is 1. The summed E-state index contributed by atoms with van der Waals surface area (Å²) in [6.45, 7) is 0.528. The van der Waals surface area contributed by atoms with Crippen molar-refractivity contribution in [3.63, 3.8) is 0 Å². The molecule has 2 rings (SSSR count). The SMILES string of the molecule is CN(Cc1csc(C=CC(=O)O)c1)C(=O)Cc1ccsc1. The summed E-state index contributed by atoms with van der Waals surface area (Å²) in [5, 5.41) is 14.5. The molecule has 0 saturated carbocycles. The molecule has 0 saturated heterocycles. The first-order valence-corrected chi connectivity index (χ1v) is 8.10. The predicted molar refractivity (Wildman–Crippen MR) is 85.5 cm³/mol. The summed E-state index contributed by atoms with van der Waals surface area (Å²) in [7, 11) is 1.78. The Labute approximate surface area is 131 Å². The maximum Gasteiger partial charge on any atom is 0.328 e. The smallest absolute Gasteiger partial charge is 0.328 e. The van der Waals surface area contributed by atoms with Crippen molar-refractivity contribution in [3.05, 3.63) is 50.4 Å². The fourth-order valence-corrected chi connectivity index (χ4v) is 3.25. The van der Waals surface area contributed by atoms with E-state index < -0.39 is 5.97 Å². The van der Waals surface area contributed by atoms with Crippen LogP contribution in [0.3, 0.4) is 0 Å². The quantitative estimate of drug-likeness (QED) is 0.832. The number of thiophene rings is 2. The lowest BCUT2D eigenvalue weighted by molar-refractivity contribution is -0.131. The zero-order chi connectivity index (χ0) is 15.2. The normalized spacial score (nSPS) is 10.9. The average Bonchev–Trinajstić information content (AvgIpc) is 3.08. The van der Waals surface area contributed by atoms with Gasteiger partial charge in [0.1, 0.15) is 0 Å². The minimum atomic E-state index is -0.965. The van der Waals surface area contributed by atoms with E-state index >= 15 is 0 Å². The van der Waals surface area contributed by atoms with Gasteiger partial charge in [-0.05, 0) is 45.5 Å². The molecule has 0 unspecified atom stereocenters. The number of nitrogens with zero attached hydrogens (tertiary/aromatic N) is 1. The Kier molecular flexibility index (Phi) is 5.30. The van der Waals surface area contributed by atoms with Crippen LogP contribution in [0, 0.1) is 0 Å². The van der Waals surface area contributed by atoms with Gasteiger partial charge in [-0.25, -0.2) is 4.79 Å². The number of likely N-dealkylation sites (N-methyl/N-ethyl adjacent to an activating group) is 1.